The molecule has 20 heavy (non-hydrogen) atoms. The highest BCUT2D eigenvalue weighted by Crippen LogP contribution is 2.21. The number of rotatable bonds is 6. The van der Waals surface area contributed by atoms with Crippen molar-refractivity contribution in [3.63, 3.8) is 0 Å². The van der Waals surface area contributed by atoms with Gasteiger partial charge in [0.2, 0.25) is 15.8 Å². The lowest BCUT2D eigenvalue weighted by atomic mass is 10.2. The fourth-order valence-electron chi connectivity index (χ4n) is 1.47. The van der Waals surface area contributed by atoms with Gasteiger partial charge in [0.25, 0.3) is 0 Å². The summed E-state index contributed by atoms with van der Waals surface area (Å²) in [4.78, 5) is 13.6. The number of carbonyl (C=O) groups is 1. The Balaban J connectivity index is 2.05. The lowest BCUT2D eigenvalue weighted by Crippen LogP contribution is -2.29. The number of hydrogen-bond donors (Lipinski definition) is 1. The monoisotopic (exact) mass is 329 g/mol. The van der Waals surface area contributed by atoms with Crippen LogP contribution in [0.5, 0.6) is 0 Å². The summed E-state index contributed by atoms with van der Waals surface area (Å²) < 4.78 is 25.9. The Bertz CT molecular complexity index is 684. The highest BCUT2D eigenvalue weighted by atomic mass is 32.2. The van der Waals surface area contributed by atoms with E-state index >= 15 is 0 Å². The molecule has 0 saturated heterocycles. The van der Waals surface area contributed by atoms with Crippen molar-refractivity contribution < 1.29 is 13.2 Å². The molecule has 0 bridgehead atoms. The molecule has 1 N–H and O–H groups in total. The van der Waals surface area contributed by atoms with Gasteiger partial charge in [0.1, 0.15) is 0 Å². The predicted molar refractivity (Wildman–Crippen MR) is 83.0 cm³/mol. The highest BCUT2D eigenvalue weighted by molar-refractivity contribution is 7.90. The van der Waals surface area contributed by atoms with Crippen molar-refractivity contribution in [1.82, 2.24) is 4.72 Å². The summed E-state index contributed by atoms with van der Waals surface area (Å²) >= 11 is 2.80. The van der Waals surface area contributed by atoms with Crippen LogP contribution in [0.25, 0.3) is 0 Å². The van der Waals surface area contributed by atoms with Crippen molar-refractivity contribution in [1.29, 1.82) is 0 Å². The molecule has 0 spiro atoms. The van der Waals surface area contributed by atoms with Gasteiger partial charge in [0.05, 0.1) is 10.1 Å². The molecule has 4 nitrogen and oxygen atoms in total. The number of thiophene rings is 2. The SMILES string of the molecule is CC(C)S(=O)(=O)NCc1ccc(C(=O)c2ccsc2)s1. The summed E-state index contributed by atoms with van der Waals surface area (Å²) in [5.74, 6) is -0.0192. The predicted octanol–water partition coefficient (Wildman–Crippen LogP) is 2.87. The van der Waals surface area contributed by atoms with E-state index in [9.17, 15) is 13.2 Å². The van der Waals surface area contributed by atoms with E-state index in [2.05, 4.69) is 4.72 Å². The molecule has 0 aliphatic rings. The zero-order valence-corrected chi connectivity index (χ0v) is 13.6. The van der Waals surface area contributed by atoms with Crippen LogP contribution in [0.4, 0.5) is 0 Å². The molecule has 0 saturated carbocycles. The third-order valence-corrected chi connectivity index (χ3v) is 6.29. The Morgan fingerprint density at radius 3 is 2.65 bits per heavy atom. The molecule has 2 aromatic rings. The standard InChI is InChI=1S/C13H15NO3S3/c1-9(2)20(16,17)14-7-11-3-4-12(19-11)13(15)10-5-6-18-8-10/h3-6,8-9,14H,7H2,1-2H3. The zero-order chi connectivity index (χ0) is 14.8. The number of carbonyl (C=O) groups excluding carboxylic acids is 1. The van der Waals surface area contributed by atoms with E-state index in [1.807, 2.05) is 10.8 Å². The molecule has 108 valence electrons. The van der Waals surface area contributed by atoms with E-state index in [4.69, 9.17) is 0 Å². The van der Waals surface area contributed by atoms with Crippen LogP contribution in [0.1, 0.15) is 34.0 Å². The lowest BCUT2D eigenvalue weighted by molar-refractivity contribution is 0.104. The Morgan fingerprint density at radius 2 is 2.05 bits per heavy atom. The maximum Gasteiger partial charge on any atom is 0.214 e. The first-order chi connectivity index (χ1) is 9.40. The molecular formula is C13H15NO3S3. The van der Waals surface area contributed by atoms with Crippen molar-refractivity contribution in [2.45, 2.75) is 25.6 Å². The van der Waals surface area contributed by atoms with Crippen molar-refractivity contribution in [2.24, 2.45) is 0 Å². The number of ketones is 1. The van der Waals surface area contributed by atoms with Crippen molar-refractivity contribution in [2.75, 3.05) is 0 Å². The van der Waals surface area contributed by atoms with Crippen LogP contribution < -0.4 is 4.72 Å². The molecule has 0 aromatic carbocycles. The molecule has 0 aliphatic carbocycles. The molecule has 2 heterocycles. The third kappa shape index (κ3) is 3.54. The Hall–Kier alpha value is -1.02. The molecule has 0 atom stereocenters. The van der Waals surface area contributed by atoms with E-state index in [0.29, 0.717) is 10.4 Å². The first-order valence-corrected chi connectivity index (χ1v) is 9.35. The molecule has 0 aliphatic heterocycles. The number of hydrogen-bond acceptors (Lipinski definition) is 5. The molecule has 2 rings (SSSR count). The second kappa shape index (κ2) is 6.17. The van der Waals surface area contributed by atoms with Gasteiger partial charge in [-0.1, -0.05) is 0 Å². The molecule has 0 radical (unpaired) electrons. The van der Waals surface area contributed by atoms with Gasteiger partial charge < -0.3 is 0 Å². The Kier molecular flexibility index (Phi) is 4.74. The van der Waals surface area contributed by atoms with Crippen LogP contribution in [-0.4, -0.2) is 19.5 Å². The van der Waals surface area contributed by atoms with Crippen molar-refractivity contribution in [3.8, 4) is 0 Å². The summed E-state index contributed by atoms with van der Waals surface area (Å²) in [6.45, 7) is 3.48. The molecule has 0 fully saturated rings. The van der Waals surface area contributed by atoms with Gasteiger partial charge in [-0.2, -0.15) is 11.3 Å². The largest absolute Gasteiger partial charge is 0.288 e. The van der Waals surface area contributed by atoms with E-state index in [0.717, 1.165) is 4.88 Å². The minimum absolute atomic E-state index is 0.0192. The number of sulfonamides is 1. The second-order valence-electron chi connectivity index (χ2n) is 4.52. The summed E-state index contributed by atoms with van der Waals surface area (Å²) in [7, 11) is -3.28. The van der Waals surface area contributed by atoms with Crippen LogP contribution >= 0.6 is 22.7 Å². The molecule has 2 aromatic heterocycles. The zero-order valence-electron chi connectivity index (χ0n) is 11.1. The van der Waals surface area contributed by atoms with Crippen LogP contribution in [0.3, 0.4) is 0 Å². The molecule has 0 amide bonds. The van der Waals surface area contributed by atoms with E-state index in [1.54, 1.807) is 32.0 Å². The minimum atomic E-state index is -3.28. The first kappa shape index (κ1) is 15.4. The lowest BCUT2D eigenvalue weighted by Gasteiger charge is -2.07. The fraction of sp³-hybridized carbons (Fsp3) is 0.308. The van der Waals surface area contributed by atoms with Gasteiger partial charge in [0, 0.05) is 22.4 Å². The van der Waals surface area contributed by atoms with Crippen LogP contribution in [0, 0.1) is 0 Å². The van der Waals surface area contributed by atoms with Gasteiger partial charge in [0.15, 0.2) is 0 Å². The third-order valence-electron chi connectivity index (χ3n) is 2.74. The summed E-state index contributed by atoms with van der Waals surface area (Å²) in [6.07, 6.45) is 0. The highest BCUT2D eigenvalue weighted by Gasteiger charge is 2.16. The Morgan fingerprint density at radius 1 is 1.30 bits per heavy atom. The van der Waals surface area contributed by atoms with Gasteiger partial charge in [-0.3, -0.25) is 4.79 Å². The molecule has 7 heteroatoms. The average Bonchev–Trinajstić information content (AvgIpc) is 3.07. The first-order valence-electron chi connectivity index (χ1n) is 6.04. The maximum atomic E-state index is 12.1. The number of nitrogens with one attached hydrogen (secondary N) is 1. The average molecular weight is 329 g/mol. The van der Waals surface area contributed by atoms with E-state index in [-0.39, 0.29) is 12.3 Å². The molecular weight excluding hydrogens is 314 g/mol. The van der Waals surface area contributed by atoms with Gasteiger partial charge in [-0.25, -0.2) is 13.1 Å². The quantitative estimate of drug-likeness (QED) is 0.829. The van der Waals surface area contributed by atoms with Crippen molar-refractivity contribution >= 4 is 38.5 Å². The summed E-state index contributed by atoms with van der Waals surface area (Å²) in [5.41, 5.74) is 0.672. The van der Waals surface area contributed by atoms with Gasteiger partial charge >= 0.3 is 0 Å². The van der Waals surface area contributed by atoms with Gasteiger partial charge in [-0.05, 0) is 37.4 Å². The van der Waals surface area contributed by atoms with Crippen LogP contribution in [-0.2, 0) is 16.6 Å². The molecule has 0 unspecified atom stereocenters. The minimum Gasteiger partial charge on any atom is -0.288 e. The van der Waals surface area contributed by atoms with Gasteiger partial charge in [-0.15, -0.1) is 11.3 Å². The fourth-order valence-corrected chi connectivity index (χ4v) is 3.80. The topological polar surface area (TPSA) is 63.2 Å². The summed E-state index contributed by atoms with van der Waals surface area (Å²) in [5, 5.41) is 3.20. The normalized spacial score (nSPS) is 11.9. The maximum absolute atomic E-state index is 12.1. The van der Waals surface area contributed by atoms with Crippen molar-refractivity contribution in [3.05, 3.63) is 44.3 Å². The summed E-state index contributed by atoms with van der Waals surface area (Å²) in [6, 6.07) is 5.31. The van der Waals surface area contributed by atoms with E-state index < -0.39 is 15.3 Å². The van der Waals surface area contributed by atoms with E-state index in [1.165, 1.54) is 22.7 Å². The second-order valence-corrected chi connectivity index (χ2v) is 8.79. The Labute approximate surface area is 126 Å². The van der Waals surface area contributed by atoms with Crippen LogP contribution in [0.15, 0.2) is 29.0 Å². The smallest absolute Gasteiger partial charge is 0.214 e. The van der Waals surface area contributed by atoms with Crippen LogP contribution in [0.2, 0.25) is 0 Å².